The van der Waals surface area contributed by atoms with Crippen LogP contribution in [0.15, 0.2) is 0 Å². The number of hydrogen-bond donors (Lipinski definition) is 0. The Labute approximate surface area is 38.3 Å². The highest BCUT2D eigenvalue weighted by molar-refractivity contribution is 4.18. The maximum atomic E-state index is 6.48. The molecule has 0 aromatic rings. The molecule has 0 fully saturated rings. The quantitative estimate of drug-likeness (QED) is 0.466. The number of hydrogen-bond acceptors (Lipinski definition) is 1. The van der Waals surface area contributed by atoms with Gasteiger partial charge in [0.05, 0.1) is 0 Å². The number of nitrogens with one attached hydrogen (secondary N) is 1. The third-order valence-corrected chi connectivity index (χ3v) is 0.451. The molecule has 2 nitrogen and oxygen atoms in total. The van der Waals surface area contributed by atoms with Crippen LogP contribution in [0.1, 0.15) is 13.3 Å². The van der Waals surface area contributed by atoms with E-state index in [9.17, 15) is 0 Å². The third-order valence-electron chi connectivity index (χ3n) is 0.451. The Bertz CT molecular complexity index is 19.5. The summed E-state index contributed by atoms with van der Waals surface area (Å²) in [7, 11) is 0. The van der Waals surface area contributed by atoms with E-state index in [2.05, 4.69) is 4.74 Å². The van der Waals surface area contributed by atoms with Crippen molar-refractivity contribution in [3.8, 4) is 0 Å². The molecule has 0 atom stereocenters. The number of ether oxygens (including phenoxy) is 1. The maximum absolute atomic E-state index is 6.48. The van der Waals surface area contributed by atoms with E-state index in [0.29, 0.717) is 0 Å². The standard InChI is InChI=1S/C4H10NO/c1-2-3-6-4-5/h5H,2-4H2,1H3. The van der Waals surface area contributed by atoms with E-state index in [-0.39, 0.29) is 6.73 Å². The van der Waals surface area contributed by atoms with Gasteiger partial charge in [0.2, 0.25) is 0 Å². The fourth-order valence-electron chi connectivity index (χ4n) is 0.217. The second-order valence-electron chi connectivity index (χ2n) is 1.05. The minimum atomic E-state index is 0.105. The van der Waals surface area contributed by atoms with Crippen LogP contribution in [0.25, 0.3) is 0 Å². The van der Waals surface area contributed by atoms with Crippen molar-refractivity contribution in [2.75, 3.05) is 13.3 Å². The third kappa shape index (κ3) is 3.92. The lowest BCUT2D eigenvalue weighted by atomic mass is 10.5. The molecule has 37 valence electrons. The molecule has 0 heterocycles. The fourth-order valence-corrected chi connectivity index (χ4v) is 0.217. The summed E-state index contributed by atoms with van der Waals surface area (Å²) in [6.07, 6.45) is 1.01. The molecule has 1 radical (unpaired) electrons. The Kier molecular flexibility index (Phi) is 4.85. The second kappa shape index (κ2) is 4.92. The van der Waals surface area contributed by atoms with Crippen LogP contribution < -0.4 is 5.73 Å². The Hall–Kier alpha value is -0.0800. The molecule has 0 spiro atoms. The Morgan fingerprint density at radius 1 is 1.67 bits per heavy atom. The molecule has 2 heteroatoms. The number of rotatable bonds is 3. The first-order valence-corrected chi connectivity index (χ1v) is 2.14. The zero-order chi connectivity index (χ0) is 4.83. The van der Waals surface area contributed by atoms with Crippen molar-refractivity contribution in [2.24, 2.45) is 0 Å². The van der Waals surface area contributed by atoms with Gasteiger partial charge in [0.15, 0.2) is 0 Å². The molecule has 0 aromatic heterocycles. The van der Waals surface area contributed by atoms with E-state index < -0.39 is 0 Å². The van der Waals surface area contributed by atoms with Gasteiger partial charge in [0.25, 0.3) is 0 Å². The van der Waals surface area contributed by atoms with Gasteiger partial charge in [-0.2, -0.15) is 0 Å². The Morgan fingerprint density at radius 2 is 2.33 bits per heavy atom. The van der Waals surface area contributed by atoms with Gasteiger partial charge in [-0.05, 0) is 6.42 Å². The van der Waals surface area contributed by atoms with Crippen LogP contribution in [0.4, 0.5) is 0 Å². The fraction of sp³-hybridized carbons (Fsp3) is 1.00. The molecule has 6 heavy (non-hydrogen) atoms. The van der Waals surface area contributed by atoms with Crippen LogP contribution in [-0.2, 0) is 4.74 Å². The van der Waals surface area contributed by atoms with Crippen molar-refractivity contribution in [1.82, 2.24) is 5.73 Å². The van der Waals surface area contributed by atoms with Crippen molar-refractivity contribution < 1.29 is 4.74 Å². The van der Waals surface area contributed by atoms with Crippen LogP contribution in [0.5, 0.6) is 0 Å². The van der Waals surface area contributed by atoms with Gasteiger partial charge in [0.1, 0.15) is 6.73 Å². The molecule has 0 rings (SSSR count). The zero-order valence-electron chi connectivity index (χ0n) is 4.03. The lowest BCUT2D eigenvalue weighted by Gasteiger charge is -1.90. The van der Waals surface area contributed by atoms with Gasteiger partial charge in [-0.25, -0.2) is 5.73 Å². The van der Waals surface area contributed by atoms with Crippen LogP contribution in [0.2, 0.25) is 0 Å². The molecule has 0 aliphatic heterocycles. The molecular weight excluding hydrogens is 78.1 g/mol. The van der Waals surface area contributed by atoms with Crippen LogP contribution >= 0.6 is 0 Å². The summed E-state index contributed by atoms with van der Waals surface area (Å²) in [6.45, 7) is 2.85. The molecule has 0 unspecified atom stereocenters. The Morgan fingerprint density at radius 3 is 2.50 bits per heavy atom. The lowest BCUT2D eigenvalue weighted by molar-refractivity contribution is 0.137. The van der Waals surface area contributed by atoms with Gasteiger partial charge in [0, 0.05) is 6.61 Å². The van der Waals surface area contributed by atoms with Gasteiger partial charge in [-0.3, -0.25) is 0 Å². The molecule has 0 amide bonds. The molecule has 0 saturated heterocycles. The summed E-state index contributed by atoms with van der Waals surface area (Å²) >= 11 is 0. The van der Waals surface area contributed by atoms with Crippen LogP contribution in [0, 0.1) is 0 Å². The average molecular weight is 88.1 g/mol. The monoisotopic (exact) mass is 88.1 g/mol. The van der Waals surface area contributed by atoms with Crippen molar-refractivity contribution in [1.29, 1.82) is 0 Å². The van der Waals surface area contributed by atoms with E-state index in [1.807, 2.05) is 6.92 Å². The van der Waals surface area contributed by atoms with E-state index in [1.54, 1.807) is 0 Å². The summed E-state index contributed by atoms with van der Waals surface area (Å²) in [5, 5.41) is 0. The van der Waals surface area contributed by atoms with Gasteiger partial charge >= 0.3 is 0 Å². The Balaban J connectivity index is 2.34. The summed E-state index contributed by atoms with van der Waals surface area (Å²) in [4.78, 5) is 0. The summed E-state index contributed by atoms with van der Waals surface area (Å²) in [6, 6.07) is 0. The molecule has 0 aliphatic carbocycles. The molecule has 1 N–H and O–H groups in total. The van der Waals surface area contributed by atoms with Crippen LogP contribution in [-0.4, -0.2) is 13.3 Å². The highest BCUT2D eigenvalue weighted by atomic mass is 16.5. The van der Waals surface area contributed by atoms with Crippen LogP contribution in [0.3, 0.4) is 0 Å². The average Bonchev–Trinajstić information content (AvgIpc) is 1.61. The normalized spacial score (nSPS) is 9.00. The van der Waals surface area contributed by atoms with Crippen molar-refractivity contribution in [3.63, 3.8) is 0 Å². The second-order valence-corrected chi connectivity index (χ2v) is 1.05. The van der Waals surface area contributed by atoms with E-state index in [4.69, 9.17) is 5.73 Å². The smallest absolute Gasteiger partial charge is 0.109 e. The summed E-state index contributed by atoms with van der Waals surface area (Å²) in [5.74, 6) is 0. The van der Waals surface area contributed by atoms with Crippen molar-refractivity contribution >= 4 is 0 Å². The minimum Gasteiger partial charge on any atom is -0.365 e. The lowest BCUT2D eigenvalue weighted by Crippen LogP contribution is -1.93. The first-order chi connectivity index (χ1) is 2.91. The predicted octanol–water partition coefficient (Wildman–Crippen LogP) is 0.653. The topological polar surface area (TPSA) is 33.0 Å². The van der Waals surface area contributed by atoms with E-state index >= 15 is 0 Å². The first kappa shape index (κ1) is 5.92. The van der Waals surface area contributed by atoms with E-state index in [0.717, 1.165) is 13.0 Å². The SMILES string of the molecule is CCCOC[NH]. The largest absolute Gasteiger partial charge is 0.365 e. The first-order valence-electron chi connectivity index (χ1n) is 2.14. The van der Waals surface area contributed by atoms with Gasteiger partial charge in [-0.1, -0.05) is 6.92 Å². The maximum Gasteiger partial charge on any atom is 0.109 e. The van der Waals surface area contributed by atoms with Gasteiger partial charge in [-0.15, -0.1) is 0 Å². The minimum absolute atomic E-state index is 0.105. The zero-order valence-corrected chi connectivity index (χ0v) is 4.03. The predicted molar refractivity (Wildman–Crippen MR) is 24.2 cm³/mol. The molecule has 0 aliphatic rings. The molecular formula is C4H10NO. The van der Waals surface area contributed by atoms with Gasteiger partial charge < -0.3 is 4.74 Å². The van der Waals surface area contributed by atoms with Crippen molar-refractivity contribution in [3.05, 3.63) is 0 Å². The highest BCUT2D eigenvalue weighted by Crippen LogP contribution is 1.73. The highest BCUT2D eigenvalue weighted by Gasteiger charge is 1.73. The molecule has 0 saturated carbocycles. The summed E-state index contributed by atoms with van der Waals surface area (Å²) in [5.41, 5.74) is 6.48. The molecule has 0 bridgehead atoms. The molecule has 0 aromatic carbocycles. The van der Waals surface area contributed by atoms with Crippen molar-refractivity contribution in [2.45, 2.75) is 13.3 Å². The summed E-state index contributed by atoms with van der Waals surface area (Å²) < 4.78 is 4.65. The van der Waals surface area contributed by atoms with E-state index in [1.165, 1.54) is 0 Å².